The van der Waals surface area contributed by atoms with Crippen LogP contribution >= 0.6 is 0 Å². The Labute approximate surface area is 122 Å². The van der Waals surface area contributed by atoms with Gasteiger partial charge in [-0.25, -0.2) is 0 Å². The van der Waals surface area contributed by atoms with Gasteiger partial charge in [-0.3, -0.25) is 9.58 Å². The maximum absolute atomic E-state index is 10.7. The first-order valence-corrected chi connectivity index (χ1v) is 7.91. The normalized spacial score (nSPS) is 19.2. The SMILES string of the molecule is CCn1nc(C)cc1CC(O)C(C)(C)N1CCCCC1. The summed E-state index contributed by atoms with van der Waals surface area (Å²) in [6.45, 7) is 11.5. The number of aliphatic hydroxyl groups excluding tert-OH is 1. The van der Waals surface area contributed by atoms with Crippen molar-refractivity contribution in [2.45, 2.75) is 71.6 Å². The minimum absolute atomic E-state index is 0.169. The lowest BCUT2D eigenvalue weighted by molar-refractivity contribution is -0.0195. The fraction of sp³-hybridized carbons (Fsp3) is 0.812. The van der Waals surface area contributed by atoms with Gasteiger partial charge < -0.3 is 5.11 Å². The zero-order valence-corrected chi connectivity index (χ0v) is 13.4. The van der Waals surface area contributed by atoms with Crippen molar-refractivity contribution in [3.05, 3.63) is 17.5 Å². The maximum Gasteiger partial charge on any atom is 0.0773 e. The van der Waals surface area contributed by atoms with E-state index in [4.69, 9.17) is 0 Å². The van der Waals surface area contributed by atoms with Crippen LogP contribution in [0.1, 0.15) is 51.4 Å². The third-order valence-electron chi connectivity index (χ3n) is 4.67. The van der Waals surface area contributed by atoms with Crippen molar-refractivity contribution in [3.63, 3.8) is 0 Å². The smallest absolute Gasteiger partial charge is 0.0773 e. The monoisotopic (exact) mass is 279 g/mol. The first kappa shape index (κ1) is 15.5. The summed E-state index contributed by atoms with van der Waals surface area (Å²) < 4.78 is 2.00. The summed E-state index contributed by atoms with van der Waals surface area (Å²) in [6, 6.07) is 2.10. The first-order chi connectivity index (χ1) is 9.45. The van der Waals surface area contributed by atoms with Crippen molar-refractivity contribution < 1.29 is 5.11 Å². The van der Waals surface area contributed by atoms with E-state index in [1.807, 2.05) is 11.6 Å². The predicted octanol–water partition coefficient (Wildman–Crippen LogP) is 2.38. The van der Waals surface area contributed by atoms with Gasteiger partial charge in [-0.2, -0.15) is 5.10 Å². The van der Waals surface area contributed by atoms with Gasteiger partial charge in [-0.15, -0.1) is 0 Å². The van der Waals surface area contributed by atoms with Crippen LogP contribution in [0.15, 0.2) is 6.07 Å². The van der Waals surface area contributed by atoms with Gasteiger partial charge in [0.25, 0.3) is 0 Å². The average molecular weight is 279 g/mol. The Morgan fingerprint density at radius 1 is 1.30 bits per heavy atom. The minimum Gasteiger partial charge on any atom is -0.391 e. The molecule has 1 saturated heterocycles. The van der Waals surface area contributed by atoms with E-state index in [0.29, 0.717) is 6.42 Å². The Balaban J connectivity index is 2.07. The molecule has 1 unspecified atom stereocenters. The molecule has 2 rings (SSSR count). The summed E-state index contributed by atoms with van der Waals surface area (Å²) in [7, 11) is 0. The molecule has 2 heterocycles. The lowest BCUT2D eigenvalue weighted by Gasteiger charge is -2.44. The first-order valence-electron chi connectivity index (χ1n) is 7.91. The van der Waals surface area contributed by atoms with Gasteiger partial charge in [0.2, 0.25) is 0 Å². The molecule has 0 amide bonds. The molecular formula is C16H29N3O. The minimum atomic E-state index is -0.359. The quantitative estimate of drug-likeness (QED) is 0.899. The van der Waals surface area contributed by atoms with Crippen LogP contribution in [0.3, 0.4) is 0 Å². The summed E-state index contributed by atoms with van der Waals surface area (Å²) in [5.41, 5.74) is 2.00. The van der Waals surface area contributed by atoms with Gasteiger partial charge in [0, 0.05) is 24.2 Å². The second-order valence-corrected chi connectivity index (χ2v) is 6.51. The Kier molecular flexibility index (Phi) is 4.86. The molecule has 1 N–H and O–H groups in total. The summed E-state index contributed by atoms with van der Waals surface area (Å²) in [4.78, 5) is 2.45. The largest absolute Gasteiger partial charge is 0.391 e. The molecule has 0 bridgehead atoms. The van der Waals surface area contributed by atoms with Gasteiger partial charge in [0.15, 0.2) is 0 Å². The number of nitrogens with zero attached hydrogens (tertiary/aromatic N) is 3. The van der Waals surface area contributed by atoms with Crippen molar-refractivity contribution in [2.24, 2.45) is 0 Å². The number of aryl methyl sites for hydroxylation is 2. The van der Waals surface area contributed by atoms with Crippen molar-refractivity contribution in [1.82, 2.24) is 14.7 Å². The number of likely N-dealkylation sites (tertiary alicyclic amines) is 1. The predicted molar refractivity (Wildman–Crippen MR) is 81.9 cm³/mol. The lowest BCUT2D eigenvalue weighted by atomic mass is 9.89. The van der Waals surface area contributed by atoms with E-state index >= 15 is 0 Å². The fourth-order valence-electron chi connectivity index (χ4n) is 3.17. The second kappa shape index (κ2) is 6.27. The van der Waals surface area contributed by atoms with E-state index in [9.17, 15) is 5.11 Å². The van der Waals surface area contributed by atoms with Gasteiger partial charge in [-0.1, -0.05) is 6.42 Å². The molecule has 0 saturated carbocycles. The Morgan fingerprint density at radius 3 is 2.55 bits per heavy atom. The molecule has 1 aliphatic rings. The molecule has 4 heteroatoms. The number of rotatable bonds is 5. The molecule has 0 aliphatic carbocycles. The van der Waals surface area contributed by atoms with Crippen LogP contribution < -0.4 is 0 Å². The van der Waals surface area contributed by atoms with E-state index in [1.165, 1.54) is 19.3 Å². The average Bonchev–Trinajstić information content (AvgIpc) is 2.79. The van der Waals surface area contributed by atoms with Gasteiger partial charge in [-0.05, 0) is 59.7 Å². The number of piperidine rings is 1. The van der Waals surface area contributed by atoms with Crippen LogP contribution in [0.5, 0.6) is 0 Å². The van der Waals surface area contributed by atoms with Crippen molar-refractivity contribution >= 4 is 0 Å². The fourth-order valence-corrected chi connectivity index (χ4v) is 3.17. The Morgan fingerprint density at radius 2 is 1.95 bits per heavy atom. The summed E-state index contributed by atoms with van der Waals surface area (Å²) in [5.74, 6) is 0. The second-order valence-electron chi connectivity index (χ2n) is 6.51. The van der Waals surface area contributed by atoms with Crippen LogP contribution in [-0.4, -0.2) is 44.5 Å². The number of aliphatic hydroxyl groups is 1. The van der Waals surface area contributed by atoms with Crippen LogP contribution in [0, 0.1) is 6.92 Å². The van der Waals surface area contributed by atoms with Crippen LogP contribution in [0.4, 0.5) is 0 Å². The highest BCUT2D eigenvalue weighted by Gasteiger charge is 2.35. The molecule has 1 atom stereocenters. The molecule has 1 aromatic heterocycles. The number of hydrogen-bond donors (Lipinski definition) is 1. The topological polar surface area (TPSA) is 41.3 Å². The molecule has 0 radical (unpaired) electrons. The summed E-state index contributed by atoms with van der Waals surface area (Å²) in [6.07, 6.45) is 4.15. The van der Waals surface area contributed by atoms with Crippen molar-refractivity contribution in [1.29, 1.82) is 0 Å². The Bertz CT molecular complexity index is 433. The molecule has 0 spiro atoms. The van der Waals surface area contributed by atoms with Crippen LogP contribution in [0.25, 0.3) is 0 Å². The molecular weight excluding hydrogens is 250 g/mol. The zero-order chi connectivity index (χ0) is 14.8. The molecule has 1 aromatic rings. The molecule has 4 nitrogen and oxygen atoms in total. The standard InChI is InChI=1S/C16H29N3O/c1-5-19-14(11-13(2)17-19)12-15(20)16(3,4)18-9-7-6-8-10-18/h11,15,20H,5-10,12H2,1-4H3. The molecule has 1 fully saturated rings. The number of hydrogen-bond acceptors (Lipinski definition) is 3. The third-order valence-corrected chi connectivity index (χ3v) is 4.67. The summed E-state index contributed by atoms with van der Waals surface area (Å²) in [5, 5.41) is 15.2. The van der Waals surface area contributed by atoms with Crippen molar-refractivity contribution in [3.8, 4) is 0 Å². The van der Waals surface area contributed by atoms with E-state index < -0.39 is 0 Å². The van der Waals surface area contributed by atoms with Gasteiger partial charge >= 0.3 is 0 Å². The highest BCUT2D eigenvalue weighted by Crippen LogP contribution is 2.26. The van der Waals surface area contributed by atoms with E-state index in [2.05, 4.69) is 36.8 Å². The third kappa shape index (κ3) is 3.23. The van der Waals surface area contributed by atoms with Gasteiger partial charge in [0.1, 0.15) is 0 Å². The van der Waals surface area contributed by atoms with Crippen molar-refractivity contribution in [2.75, 3.05) is 13.1 Å². The van der Waals surface area contributed by atoms with Crippen LogP contribution in [-0.2, 0) is 13.0 Å². The van der Waals surface area contributed by atoms with Crippen LogP contribution in [0.2, 0.25) is 0 Å². The van der Waals surface area contributed by atoms with E-state index in [-0.39, 0.29) is 11.6 Å². The van der Waals surface area contributed by atoms with E-state index in [0.717, 1.165) is 31.0 Å². The highest BCUT2D eigenvalue weighted by molar-refractivity contribution is 5.11. The zero-order valence-electron chi connectivity index (χ0n) is 13.4. The lowest BCUT2D eigenvalue weighted by Crippen LogP contribution is -2.55. The number of aromatic nitrogens is 2. The molecule has 114 valence electrons. The molecule has 0 aromatic carbocycles. The van der Waals surface area contributed by atoms with Gasteiger partial charge in [0.05, 0.1) is 11.8 Å². The molecule has 20 heavy (non-hydrogen) atoms. The Hall–Kier alpha value is -0.870. The highest BCUT2D eigenvalue weighted by atomic mass is 16.3. The molecule has 1 aliphatic heterocycles. The van der Waals surface area contributed by atoms with E-state index in [1.54, 1.807) is 0 Å². The summed E-state index contributed by atoms with van der Waals surface area (Å²) >= 11 is 0. The maximum atomic E-state index is 10.7.